The largest absolute Gasteiger partial charge is 0.472 e. The molecule has 2 N–H and O–H groups in total. The van der Waals surface area contributed by atoms with Gasteiger partial charge in [-0.25, -0.2) is 4.98 Å². The lowest BCUT2D eigenvalue weighted by Gasteiger charge is -2.16. The number of carbonyl (C=O) groups is 1. The van der Waals surface area contributed by atoms with Crippen molar-refractivity contribution in [2.75, 3.05) is 13.1 Å². The average molecular weight is 426 g/mol. The quantitative estimate of drug-likeness (QED) is 0.690. The Bertz CT molecular complexity index is 855. The number of halogens is 2. The highest BCUT2D eigenvalue weighted by Crippen LogP contribution is 2.28. The summed E-state index contributed by atoms with van der Waals surface area (Å²) in [6.45, 7) is 1.26. The van der Waals surface area contributed by atoms with Crippen LogP contribution in [0.2, 0.25) is 0 Å². The number of nitrogens with zero attached hydrogens (tertiary/aromatic N) is 2. The number of thiazole rings is 1. The molecule has 2 aromatic heterocycles. The van der Waals surface area contributed by atoms with Crippen molar-refractivity contribution in [3.05, 3.63) is 65.6 Å². The van der Waals surface area contributed by atoms with Crippen LogP contribution in [0.3, 0.4) is 0 Å². The predicted octanol–water partition coefficient (Wildman–Crippen LogP) is 3.74. The second-order valence-corrected chi connectivity index (χ2v) is 7.17. The topological polar surface area (TPSA) is 72.4 Å². The predicted molar refractivity (Wildman–Crippen MR) is 112 cm³/mol. The lowest BCUT2D eigenvalue weighted by Crippen LogP contribution is -2.33. The molecule has 0 spiro atoms. The summed E-state index contributed by atoms with van der Waals surface area (Å²) in [6.07, 6.45) is 3.59. The van der Waals surface area contributed by atoms with E-state index in [1.54, 1.807) is 12.5 Å². The molecule has 0 saturated carbocycles. The molecule has 1 aromatic carbocycles. The van der Waals surface area contributed by atoms with Crippen LogP contribution >= 0.6 is 36.2 Å². The van der Waals surface area contributed by atoms with Gasteiger partial charge in [-0.15, -0.1) is 36.2 Å². The van der Waals surface area contributed by atoms with E-state index in [4.69, 9.17) is 10.2 Å². The van der Waals surface area contributed by atoms with Crippen molar-refractivity contribution in [1.82, 2.24) is 9.88 Å². The lowest BCUT2D eigenvalue weighted by molar-refractivity contribution is -0.129. The van der Waals surface area contributed by atoms with Gasteiger partial charge in [0.1, 0.15) is 11.3 Å². The van der Waals surface area contributed by atoms with E-state index in [9.17, 15) is 4.79 Å². The summed E-state index contributed by atoms with van der Waals surface area (Å²) in [5.74, 6) is 0.278. The Morgan fingerprint density at radius 1 is 1.22 bits per heavy atom. The second kappa shape index (κ2) is 9.37. The number of carbonyl (C=O) groups excluding carboxylic acids is 1. The van der Waals surface area contributed by atoms with E-state index in [2.05, 4.69) is 17.1 Å². The average Bonchev–Trinajstić information content (AvgIpc) is 3.35. The van der Waals surface area contributed by atoms with Crippen LogP contribution in [-0.4, -0.2) is 34.9 Å². The molecule has 27 heavy (non-hydrogen) atoms. The van der Waals surface area contributed by atoms with Gasteiger partial charge < -0.3 is 15.1 Å². The third kappa shape index (κ3) is 4.71. The standard InChI is InChI=1S/C19H19N3O2S.2ClH/c20-17-10-22(9-16(17)13-4-2-1-3-5-13)18(23)8-15-12-25-19(21-15)14-6-7-24-11-14;;/h1-7,11-12,16-17H,8-10,20H2;2*1H/t16-,17+;;/m0../s1. The molecule has 3 heterocycles. The molecule has 0 aliphatic carbocycles. The Morgan fingerprint density at radius 2 is 2.00 bits per heavy atom. The maximum absolute atomic E-state index is 12.6. The van der Waals surface area contributed by atoms with Crippen molar-refractivity contribution in [2.45, 2.75) is 18.4 Å². The minimum Gasteiger partial charge on any atom is -0.472 e. The molecule has 2 atom stereocenters. The SMILES string of the molecule is Cl.Cl.N[C@@H]1CN(C(=O)Cc2csc(-c3ccoc3)n2)C[C@H]1c1ccccc1. The first-order valence-corrected chi connectivity index (χ1v) is 9.14. The second-order valence-electron chi connectivity index (χ2n) is 6.31. The fraction of sp³-hybridized carbons (Fsp3) is 0.263. The molecular formula is C19H21Cl2N3O2S. The maximum atomic E-state index is 12.6. The summed E-state index contributed by atoms with van der Waals surface area (Å²) < 4.78 is 5.08. The number of hydrogen-bond acceptors (Lipinski definition) is 5. The number of furan rings is 1. The normalized spacial score (nSPS) is 18.6. The van der Waals surface area contributed by atoms with Crippen molar-refractivity contribution in [3.63, 3.8) is 0 Å². The molecule has 0 bridgehead atoms. The number of nitrogens with two attached hydrogens (primary N) is 1. The first-order chi connectivity index (χ1) is 12.2. The van der Waals surface area contributed by atoms with Gasteiger partial charge in [0, 0.05) is 36.0 Å². The van der Waals surface area contributed by atoms with E-state index < -0.39 is 0 Å². The van der Waals surface area contributed by atoms with Gasteiger partial charge in [0.15, 0.2) is 0 Å². The molecule has 1 aliphatic rings. The van der Waals surface area contributed by atoms with Crippen molar-refractivity contribution in [1.29, 1.82) is 0 Å². The van der Waals surface area contributed by atoms with Crippen molar-refractivity contribution in [2.24, 2.45) is 5.73 Å². The monoisotopic (exact) mass is 425 g/mol. The lowest BCUT2D eigenvalue weighted by atomic mass is 9.95. The number of hydrogen-bond donors (Lipinski definition) is 1. The summed E-state index contributed by atoms with van der Waals surface area (Å²) >= 11 is 1.52. The smallest absolute Gasteiger partial charge is 0.228 e. The van der Waals surface area contributed by atoms with Gasteiger partial charge in [-0.05, 0) is 11.6 Å². The molecule has 5 nitrogen and oxygen atoms in total. The van der Waals surface area contributed by atoms with Crippen molar-refractivity contribution >= 4 is 42.1 Å². The van der Waals surface area contributed by atoms with Crippen LogP contribution in [0.4, 0.5) is 0 Å². The first-order valence-electron chi connectivity index (χ1n) is 8.26. The van der Waals surface area contributed by atoms with Crippen LogP contribution in [0.5, 0.6) is 0 Å². The molecule has 1 saturated heterocycles. The summed E-state index contributed by atoms with van der Waals surface area (Å²) in [6, 6.07) is 12.0. The minimum atomic E-state index is -0.0247. The molecule has 1 amide bonds. The Morgan fingerprint density at radius 3 is 2.70 bits per heavy atom. The van der Waals surface area contributed by atoms with E-state index in [0.717, 1.165) is 16.3 Å². The van der Waals surface area contributed by atoms with Crippen LogP contribution < -0.4 is 5.73 Å². The van der Waals surface area contributed by atoms with Crippen LogP contribution in [0.1, 0.15) is 17.2 Å². The number of benzene rings is 1. The third-order valence-corrected chi connectivity index (χ3v) is 5.54. The zero-order valence-electron chi connectivity index (χ0n) is 14.5. The van der Waals surface area contributed by atoms with Crippen LogP contribution in [0.25, 0.3) is 10.6 Å². The van der Waals surface area contributed by atoms with Gasteiger partial charge in [-0.3, -0.25) is 4.79 Å². The molecule has 1 aliphatic heterocycles. The van der Waals surface area contributed by atoms with Gasteiger partial charge in [0.05, 0.1) is 18.4 Å². The summed E-state index contributed by atoms with van der Waals surface area (Å²) in [5, 5.41) is 2.81. The number of rotatable bonds is 4. The Balaban J connectivity index is 0.00000131. The van der Waals surface area contributed by atoms with Crippen LogP contribution in [0, 0.1) is 0 Å². The van der Waals surface area contributed by atoms with Gasteiger partial charge >= 0.3 is 0 Å². The van der Waals surface area contributed by atoms with Gasteiger partial charge in [0.2, 0.25) is 5.91 Å². The van der Waals surface area contributed by atoms with Gasteiger partial charge in [-0.1, -0.05) is 30.3 Å². The third-order valence-electron chi connectivity index (χ3n) is 4.60. The number of amides is 1. The van der Waals surface area contributed by atoms with Crippen molar-refractivity contribution in [3.8, 4) is 10.6 Å². The molecular weight excluding hydrogens is 405 g/mol. The zero-order chi connectivity index (χ0) is 17.2. The highest BCUT2D eigenvalue weighted by Gasteiger charge is 2.33. The molecule has 4 rings (SSSR count). The summed E-state index contributed by atoms with van der Waals surface area (Å²) in [4.78, 5) is 19.0. The highest BCUT2D eigenvalue weighted by atomic mass is 35.5. The van der Waals surface area contributed by atoms with Crippen LogP contribution in [0.15, 0.2) is 58.7 Å². The molecule has 1 fully saturated rings. The number of likely N-dealkylation sites (tertiary alicyclic amines) is 1. The fourth-order valence-corrected chi connectivity index (χ4v) is 4.07. The van der Waals surface area contributed by atoms with Crippen molar-refractivity contribution < 1.29 is 9.21 Å². The Hall–Kier alpha value is -1.86. The Labute approximate surface area is 174 Å². The first kappa shape index (κ1) is 21.4. The van der Waals surface area contributed by atoms with E-state index in [1.165, 1.54) is 16.9 Å². The molecule has 0 unspecified atom stereocenters. The number of aromatic nitrogens is 1. The molecule has 8 heteroatoms. The minimum absolute atomic E-state index is 0. The zero-order valence-corrected chi connectivity index (χ0v) is 16.9. The van der Waals surface area contributed by atoms with E-state index in [-0.39, 0.29) is 42.7 Å². The summed E-state index contributed by atoms with van der Waals surface area (Å²) in [5.41, 5.74) is 9.21. The highest BCUT2D eigenvalue weighted by molar-refractivity contribution is 7.13. The molecule has 0 radical (unpaired) electrons. The van der Waals surface area contributed by atoms with Crippen LogP contribution in [-0.2, 0) is 11.2 Å². The van der Waals surface area contributed by atoms with E-state index in [0.29, 0.717) is 19.5 Å². The van der Waals surface area contributed by atoms with E-state index in [1.807, 2.05) is 34.5 Å². The molecule has 3 aromatic rings. The Kier molecular flexibility index (Phi) is 7.44. The maximum Gasteiger partial charge on any atom is 0.228 e. The summed E-state index contributed by atoms with van der Waals surface area (Å²) in [7, 11) is 0. The molecule has 144 valence electrons. The van der Waals surface area contributed by atoms with Gasteiger partial charge in [-0.2, -0.15) is 0 Å². The fourth-order valence-electron chi connectivity index (χ4n) is 3.26. The van der Waals surface area contributed by atoms with E-state index >= 15 is 0 Å². The van der Waals surface area contributed by atoms with Gasteiger partial charge in [0.25, 0.3) is 0 Å².